The zero-order chi connectivity index (χ0) is 14.5. The van der Waals surface area contributed by atoms with Gasteiger partial charge in [0.1, 0.15) is 0 Å². The van der Waals surface area contributed by atoms with E-state index in [9.17, 15) is 8.42 Å². The van der Waals surface area contributed by atoms with Gasteiger partial charge in [-0.15, -0.1) is 0 Å². The van der Waals surface area contributed by atoms with Gasteiger partial charge in [-0.3, -0.25) is 0 Å². The average molecular weight is 292 g/mol. The first-order valence-corrected chi connectivity index (χ1v) is 8.44. The second-order valence-corrected chi connectivity index (χ2v) is 7.34. The van der Waals surface area contributed by atoms with Crippen LogP contribution in [0.25, 0.3) is 0 Å². The number of nitrogens with two attached hydrogens (primary N) is 1. The highest BCUT2D eigenvalue weighted by Gasteiger charge is 2.31. The number of piperazine rings is 1. The second-order valence-electron chi connectivity index (χ2n) is 5.35. The highest BCUT2D eigenvalue weighted by atomic mass is 32.2. The summed E-state index contributed by atoms with van der Waals surface area (Å²) in [6, 6.07) is -0.00687. The van der Waals surface area contributed by atoms with Crippen molar-refractivity contribution in [2.24, 2.45) is 5.73 Å². The Kier molecular flexibility index (Phi) is 6.68. The third-order valence-electron chi connectivity index (χ3n) is 3.68. The maximum atomic E-state index is 12.3. The number of hydrogen-bond donors (Lipinski definition) is 1. The van der Waals surface area contributed by atoms with Crippen molar-refractivity contribution in [1.82, 2.24) is 13.5 Å². The molecule has 1 aliphatic heterocycles. The first kappa shape index (κ1) is 16.8. The molecule has 2 N–H and O–H groups in total. The summed E-state index contributed by atoms with van der Waals surface area (Å²) in [4.78, 5) is 2.32. The van der Waals surface area contributed by atoms with Crippen LogP contribution in [-0.4, -0.2) is 74.3 Å². The Hall–Kier alpha value is -0.210. The topological polar surface area (TPSA) is 69.9 Å². The van der Waals surface area contributed by atoms with Crippen molar-refractivity contribution in [1.29, 1.82) is 0 Å². The Morgan fingerprint density at radius 3 is 2.21 bits per heavy atom. The van der Waals surface area contributed by atoms with Crippen LogP contribution in [0, 0.1) is 0 Å². The molecule has 0 atom stereocenters. The standard InChI is InChI=1S/C12H28N4O2S/c1-12(2)14(3)19(17,18)16-10-8-15(9-11-16)7-5-4-6-13/h12H,4-11,13H2,1-3H3. The normalized spacial score (nSPS) is 19.5. The maximum absolute atomic E-state index is 12.3. The van der Waals surface area contributed by atoms with Gasteiger partial charge in [0.05, 0.1) is 0 Å². The van der Waals surface area contributed by atoms with Crippen LogP contribution in [0.3, 0.4) is 0 Å². The summed E-state index contributed by atoms with van der Waals surface area (Å²) in [6.45, 7) is 8.33. The van der Waals surface area contributed by atoms with Crippen molar-refractivity contribution >= 4 is 10.2 Å². The van der Waals surface area contributed by atoms with Crippen LogP contribution in [0.4, 0.5) is 0 Å². The van der Waals surface area contributed by atoms with Crippen molar-refractivity contribution < 1.29 is 8.42 Å². The van der Waals surface area contributed by atoms with Gasteiger partial charge in [-0.25, -0.2) is 0 Å². The third kappa shape index (κ3) is 4.68. The summed E-state index contributed by atoms with van der Waals surface area (Å²) >= 11 is 0. The molecular weight excluding hydrogens is 264 g/mol. The highest BCUT2D eigenvalue weighted by Crippen LogP contribution is 2.13. The molecule has 1 saturated heterocycles. The lowest BCUT2D eigenvalue weighted by Gasteiger charge is -2.36. The summed E-state index contributed by atoms with van der Waals surface area (Å²) in [5.41, 5.74) is 5.47. The molecule has 114 valence electrons. The van der Waals surface area contributed by atoms with E-state index >= 15 is 0 Å². The minimum absolute atomic E-state index is 0.00687. The molecule has 0 unspecified atom stereocenters. The summed E-state index contributed by atoms with van der Waals surface area (Å²) in [6.07, 6.45) is 2.13. The first-order valence-electron chi connectivity index (χ1n) is 7.05. The van der Waals surface area contributed by atoms with Crippen molar-refractivity contribution in [2.75, 3.05) is 46.3 Å². The molecule has 1 rings (SSSR count). The largest absolute Gasteiger partial charge is 0.330 e. The van der Waals surface area contributed by atoms with E-state index in [1.54, 1.807) is 11.4 Å². The summed E-state index contributed by atoms with van der Waals surface area (Å²) in [5, 5.41) is 0. The monoisotopic (exact) mass is 292 g/mol. The molecule has 1 aliphatic rings. The van der Waals surface area contributed by atoms with Crippen LogP contribution in [0.5, 0.6) is 0 Å². The van der Waals surface area contributed by atoms with Crippen molar-refractivity contribution in [3.63, 3.8) is 0 Å². The molecule has 7 heteroatoms. The molecule has 0 aromatic heterocycles. The van der Waals surface area contributed by atoms with Gasteiger partial charge in [0, 0.05) is 39.3 Å². The van der Waals surface area contributed by atoms with E-state index in [-0.39, 0.29) is 6.04 Å². The van der Waals surface area contributed by atoms with Crippen LogP contribution in [-0.2, 0) is 10.2 Å². The molecule has 0 aromatic carbocycles. The van der Waals surface area contributed by atoms with Gasteiger partial charge < -0.3 is 10.6 Å². The molecule has 1 fully saturated rings. The van der Waals surface area contributed by atoms with Crippen LogP contribution in [0.15, 0.2) is 0 Å². The third-order valence-corrected chi connectivity index (χ3v) is 5.84. The fourth-order valence-corrected chi connectivity index (χ4v) is 3.63. The Bertz CT molecular complexity index is 351. The predicted octanol–water partition coefficient (Wildman–Crippen LogP) is -0.0721. The predicted molar refractivity (Wildman–Crippen MR) is 78.1 cm³/mol. The maximum Gasteiger partial charge on any atom is 0.282 e. The zero-order valence-electron chi connectivity index (χ0n) is 12.4. The van der Waals surface area contributed by atoms with E-state index in [0.29, 0.717) is 13.1 Å². The summed E-state index contributed by atoms with van der Waals surface area (Å²) in [7, 11) is -1.64. The van der Waals surface area contributed by atoms with Gasteiger partial charge in [0.15, 0.2) is 0 Å². The molecule has 0 aromatic rings. The molecule has 0 amide bonds. The van der Waals surface area contributed by atoms with Crippen LogP contribution in [0.1, 0.15) is 26.7 Å². The van der Waals surface area contributed by atoms with E-state index < -0.39 is 10.2 Å². The van der Waals surface area contributed by atoms with Crippen molar-refractivity contribution in [2.45, 2.75) is 32.7 Å². The number of nitrogens with zero attached hydrogens (tertiary/aromatic N) is 3. The molecule has 6 nitrogen and oxygen atoms in total. The zero-order valence-corrected chi connectivity index (χ0v) is 13.2. The molecule has 19 heavy (non-hydrogen) atoms. The number of rotatable bonds is 7. The SMILES string of the molecule is CC(C)N(C)S(=O)(=O)N1CCN(CCCCN)CC1. The fraction of sp³-hybridized carbons (Fsp3) is 1.00. The number of hydrogen-bond acceptors (Lipinski definition) is 4. The van der Waals surface area contributed by atoms with E-state index in [0.717, 1.165) is 39.0 Å². The smallest absolute Gasteiger partial charge is 0.282 e. The lowest BCUT2D eigenvalue weighted by atomic mass is 10.2. The minimum atomic E-state index is -3.29. The number of unbranched alkanes of at least 4 members (excludes halogenated alkanes) is 1. The van der Waals surface area contributed by atoms with Crippen LogP contribution in [0.2, 0.25) is 0 Å². The summed E-state index contributed by atoms with van der Waals surface area (Å²) in [5.74, 6) is 0. The van der Waals surface area contributed by atoms with Crippen molar-refractivity contribution in [3.05, 3.63) is 0 Å². The Labute approximate surface area is 117 Å². The lowest BCUT2D eigenvalue weighted by Crippen LogP contribution is -2.53. The van der Waals surface area contributed by atoms with Crippen LogP contribution >= 0.6 is 0 Å². The fourth-order valence-electron chi connectivity index (χ4n) is 2.11. The van der Waals surface area contributed by atoms with E-state index in [4.69, 9.17) is 5.73 Å². The second kappa shape index (κ2) is 7.54. The Morgan fingerprint density at radius 2 is 1.74 bits per heavy atom. The molecule has 0 radical (unpaired) electrons. The molecular formula is C12H28N4O2S. The van der Waals surface area contributed by atoms with Gasteiger partial charge in [0.2, 0.25) is 0 Å². The summed E-state index contributed by atoms with van der Waals surface area (Å²) < 4.78 is 27.7. The van der Waals surface area contributed by atoms with Crippen LogP contribution < -0.4 is 5.73 Å². The molecule has 1 heterocycles. The molecule has 0 spiro atoms. The van der Waals surface area contributed by atoms with Crippen molar-refractivity contribution in [3.8, 4) is 0 Å². The van der Waals surface area contributed by atoms with E-state index in [1.165, 1.54) is 4.31 Å². The Morgan fingerprint density at radius 1 is 1.16 bits per heavy atom. The van der Waals surface area contributed by atoms with E-state index in [2.05, 4.69) is 4.90 Å². The molecule has 0 aliphatic carbocycles. The quantitative estimate of drug-likeness (QED) is 0.667. The van der Waals surface area contributed by atoms with Gasteiger partial charge in [-0.1, -0.05) is 0 Å². The lowest BCUT2D eigenvalue weighted by molar-refractivity contribution is 0.178. The molecule has 0 bridgehead atoms. The van der Waals surface area contributed by atoms with Gasteiger partial charge in [-0.05, 0) is 39.8 Å². The van der Waals surface area contributed by atoms with E-state index in [1.807, 2.05) is 13.8 Å². The molecule has 0 saturated carbocycles. The minimum Gasteiger partial charge on any atom is -0.330 e. The van der Waals surface area contributed by atoms with Gasteiger partial charge >= 0.3 is 0 Å². The van der Waals surface area contributed by atoms with Gasteiger partial charge in [-0.2, -0.15) is 17.0 Å². The highest BCUT2D eigenvalue weighted by molar-refractivity contribution is 7.86. The van der Waals surface area contributed by atoms with Gasteiger partial charge in [0.25, 0.3) is 10.2 Å². The average Bonchev–Trinajstić information content (AvgIpc) is 2.38. The Balaban J connectivity index is 2.45. The first-order chi connectivity index (χ1) is 8.89.